The van der Waals surface area contributed by atoms with E-state index in [0.717, 1.165) is 36.6 Å². The number of benzene rings is 1. The van der Waals surface area contributed by atoms with Crippen LogP contribution in [0.4, 0.5) is 0 Å². The van der Waals surface area contributed by atoms with Gasteiger partial charge in [0.25, 0.3) is 0 Å². The molecule has 0 fully saturated rings. The Morgan fingerprint density at radius 3 is 2.83 bits per heavy atom. The van der Waals surface area contributed by atoms with E-state index in [2.05, 4.69) is 31.3 Å². The Kier molecular flexibility index (Phi) is 4.65. The predicted octanol–water partition coefficient (Wildman–Crippen LogP) is 2.86. The molecule has 3 heteroatoms. The zero-order valence-electron chi connectivity index (χ0n) is 11.2. The second-order valence-electron chi connectivity index (χ2n) is 4.57. The molecule has 0 saturated carbocycles. The second kappa shape index (κ2) is 6.45. The van der Waals surface area contributed by atoms with Crippen LogP contribution >= 0.6 is 0 Å². The fraction of sp³-hybridized carbons (Fsp3) is 0.467. The first-order chi connectivity index (χ1) is 8.79. The molecule has 98 valence electrons. The second-order valence-corrected chi connectivity index (χ2v) is 4.57. The first-order valence-corrected chi connectivity index (χ1v) is 6.57. The zero-order valence-corrected chi connectivity index (χ0v) is 11.2. The minimum atomic E-state index is 0.636. The summed E-state index contributed by atoms with van der Waals surface area (Å²) in [5.74, 6) is 1.70. The van der Waals surface area contributed by atoms with Gasteiger partial charge < -0.3 is 14.8 Å². The van der Waals surface area contributed by atoms with Gasteiger partial charge in [-0.25, -0.2) is 0 Å². The number of nitrogens with one attached hydrogen (secondary N) is 1. The molecule has 2 rings (SSSR count). The SMILES string of the molecule is CCCNCC(C)=Cc1ccc2c(c1)OCCO2. The lowest BCUT2D eigenvalue weighted by Crippen LogP contribution is -2.16. The molecule has 0 unspecified atom stereocenters. The molecule has 18 heavy (non-hydrogen) atoms. The van der Waals surface area contributed by atoms with Crippen molar-refractivity contribution in [3.8, 4) is 11.5 Å². The minimum Gasteiger partial charge on any atom is -0.486 e. The van der Waals surface area contributed by atoms with Gasteiger partial charge in [-0.3, -0.25) is 0 Å². The fourth-order valence-electron chi connectivity index (χ4n) is 1.95. The van der Waals surface area contributed by atoms with Gasteiger partial charge in [0.05, 0.1) is 0 Å². The maximum absolute atomic E-state index is 5.57. The zero-order chi connectivity index (χ0) is 12.8. The third-order valence-electron chi connectivity index (χ3n) is 2.81. The van der Waals surface area contributed by atoms with Crippen LogP contribution < -0.4 is 14.8 Å². The number of ether oxygens (including phenoxy) is 2. The first kappa shape index (κ1) is 13.0. The largest absolute Gasteiger partial charge is 0.486 e. The summed E-state index contributed by atoms with van der Waals surface area (Å²) in [4.78, 5) is 0. The van der Waals surface area contributed by atoms with Crippen LogP contribution in [0.5, 0.6) is 11.5 Å². The average Bonchev–Trinajstić information content (AvgIpc) is 2.39. The van der Waals surface area contributed by atoms with Gasteiger partial charge in [0.2, 0.25) is 0 Å². The Labute approximate surface area is 109 Å². The van der Waals surface area contributed by atoms with Crippen molar-refractivity contribution in [2.24, 2.45) is 0 Å². The van der Waals surface area contributed by atoms with Crippen molar-refractivity contribution in [2.45, 2.75) is 20.3 Å². The Morgan fingerprint density at radius 1 is 1.28 bits per heavy atom. The lowest BCUT2D eigenvalue weighted by Gasteiger charge is -2.18. The number of hydrogen-bond donors (Lipinski definition) is 1. The van der Waals surface area contributed by atoms with Gasteiger partial charge in [0.15, 0.2) is 11.5 Å². The predicted molar refractivity (Wildman–Crippen MR) is 74.2 cm³/mol. The molecule has 0 spiro atoms. The molecule has 0 amide bonds. The molecular weight excluding hydrogens is 226 g/mol. The molecule has 1 aliphatic heterocycles. The van der Waals surface area contributed by atoms with Crippen molar-refractivity contribution >= 4 is 6.08 Å². The fourth-order valence-corrected chi connectivity index (χ4v) is 1.95. The van der Waals surface area contributed by atoms with Crippen molar-refractivity contribution in [3.05, 3.63) is 29.3 Å². The van der Waals surface area contributed by atoms with Crippen LogP contribution in [-0.4, -0.2) is 26.3 Å². The van der Waals surface area contributed by atoms with E-state index in [1.165, 1.54) is 5.57 Å². The average molecular weight is 247 g/mol. The Morgan fingerprint density at radius 2 is 2.06 bits per heavy atom. The van der Waals surface area contributed by atoms with Crippen molar-refractivity contribution in [1.82, 2.24) is 5.32 Å². The lowest BCUT2D eigenvalue weighted by molar-refractivity contribution is 0.171. The highest BCUT2D eigenvalue weighted by molar-refractivity contribution is 5.58. The van der Waals surface area contributed by atoms with Crippen molar-refractivity contribution in [2.75, 3.05) is 26.3 Å². The third kappa shape index (κ3) is 3.50. The molecule has 0 radical (unpaired) electrons. The van der Waals surface area contributed by atoms with Crippen LogP contribution in [0.25, 0.3) is 6.08 Å². The third-order valence-corrected chi connectivity index (χ3v) is 2.81. The number of hydrogen-bond acceptors (Lipinski definition) is 3. The van der Waals surface area contributed by atoms with Crippen LogP contribution in [0.15, 0.2) is 23.8 Å². The van der Waals surface area contributed by atoms with Crippen molar-refractivity contribution < 1.29 is 9.47 Å². The number of fused-ring (bicyclic) bond motifs is 1. The Hall–Kier alpha value is -1.48. The van der Waals surface area contributed by atoms with Crippen LogP contribution in [0.2, 0.25) is 0 Å². The Bertz CT molecular complexity index is 427. The highest BCUT2D eigenvalue weighted by atomic mass is 16.6. The van der Waals surface area contributed by atoms with Gasteiger partial charge in [-0.2, -0.15) is 0 Å². The molecule has 1 heterocycles. The topological polar surface area (TPSA) is 30.5 Å². The molecule has 1 aliphatic rings. The summed E-state index contributed by atoms with van der Waals surface area (Å²) in [6, 6.07) is 6.09. The van der Waals surface area contributed by atoms with E-state index in [1.54, 1.807) is 0 Å². The molecule has 1 aromatic rings. The molecule has 0 bridgehead atoms. The summed E-state index contributed by atoms with van der Waals surface area (Å²) in [6.07, 6.45) is 3.35. The van der Waals surface area contributed by atoms with Gasteiger partial charge >= 0.3 is 0 Å². The lowest BCUT2D eigenvalue weighted by atomic mass is 10.1. The Balaban J connectivity index is 2.02. The normalized spacial score (nSPS) is 14.7. The molecule has 0 aliphatic carbocycles. The first-order valence-electron chi connectivity index (χ1n) is 6.57. The smallest absolute Gasteiger partial charge is 0.161 e. The molecule has 1 aromatic carbocycles. The summed E-state index contributed by atoms with van der Waals surface area (Å²) in [5, 5.41) is 3.39. The summed E-state index contributed by atoms with van der Waals surface area (Å²) in [5.41, 5.74) is 2.48. The van der Waals surface area contributed by atoms with Crippen LogP contribution in [-0.2, 0) is 0 Å². The van der Waals surface area contributed by atoms with E-state index in [1.807, 2.05) is 12.1 Å². The van der Waals surface area contributed by atoms with E-state index >= 15 is 0 Å². The summed E-state index contributed by atoms with van der Waals surface area (Å²) in [7, 11) is 0. The van der Waals surface area contributed by atoms with E-state index in [-0.39, 0.29) is 0 Å². The summed E-state index contributed by atoms with van der Waals surface area (Å²) in [6.45, 7) is 7.58. The molecule has 0 atom stereocenters. The molecule has 1 N–H and O–H groups in total. The summed E-state index contributed by atoms with van der Waals surface area (Å²) < 4.78 is 11.1. The van der Waals surface area contributed by atoms with Crippen LogP contribution in [0, 0.1) is 0 Å². The van der Waals surface area contributed by atoms with Gasteiger partial charge in [-0.1, -0.05) is 24.6 Å². The number of rotatable bonds is 5. The van der Waals surface area contributed by atoms with Crippen LogP contribution in [0.1, 0.15) is 25.8 Å². The van der Waals surface area contributed by atoms with Gasteiger partial charge in [0.1, 0.15) is 13.2 Å². The molecule has 0 aromatic heterocycles. The maximum Gasteiger partial charge on any atom is 0.161 e. The van der Waals surface area contributed by atoms with E-state index < -0.39 is 0 Å². The standard InChI is InChI=1S/C15H21NO2/c1-3-6-16-11-12(2)9-13-4-5-14-15(10-13)18-8-7-17-14/h4-5,9-10,16H,3,6-8,11H2,1-2H3. The van der Waals surface area contributed by atoms with Gasteiger partial charge in [0, 0.05) is 6.54 Å². The van der Waals surface area contributed by atoms with Gasteiger partial charge in [-0.15, -0.1) is 0 Å². The maximum atomic E-state index is 5.57. The van der Waals surface area contributed by atoms with Gasteiger partial charge in [-0.05, 0) is 37.6 Å². The summed E-state index contributed by atoms with van der Waals surface area (Å²) >= 11 is 0. The van der Waals surface area contributed by atoms with Crippen molar-refractivity contribution in [1.29, 1.82) is 0 Å². The molecule has 3 nitrogen and oxygen atoms in total. The van der Waals surface area contributed by atoms with Crippen LogP contribution in [0.3, 0.4) is 0 Å². The minimum absolute atomic E-state index is 0.636. The molecule has 0 saturated heterocycles. The molecular formula is C15H21NO2. The van der Waals surface area contributed by atoms with Crippen molar-refractivity contribution in [3.63, 3.8) is 0 Å². The highest BCUT2D eigenvalue weighted by Gasteiger charge is 2.10. The highest BCUT2D eigenvalue weighted by Crippen LogP contribution is 2.31. The van der Waals surface area contributed by atoms with E-state index in [9.17, 15) is 0 Å². The van der Waals surface area contributed by atoms with E-state index in [0.29, 0.717) is 13.2 Å². The quantitative estimate of drug-likeness (QED) is 0.812. The monoisotopic (exact) mass is 247 g/mol. The van der Waals surface area contributed by atoms with E-state index in [4.69, 9.17) is 9.47 Å².